The fourth-order valence-electron chi connectivity index (χ4n) is 8.18. The van der Waals surface area contributed by atoms with Crippen LogP contribution >= 0.6 is 0 Å². The molecule has 10 aromatic rings. The van der Waals surface area contributed by atoms with Crippen LogP contribution in [0.15, 0.2) is 188 Å². The molecule has 3 nitrogen and oxygen atoms in total. The molecule has 0 aliphatic rings. The SMILES string of the molecule is N#Cc1ccc2c(c1)c1ccccc1n2-c1cccc(-c2cccc(-c3ccccc3)c2-n2c3ccccc3c3ccccc32)c1-c1ccccc1. The van der Waals surface area contributed by atoms with Gasteiger partial charge in [0.2, 0.25) is 0 Å². The Labute approximate surface area is 301 Å². The van der Waals surface area contributed by atoms with Gasteiger partial charge >= 0.3 is 0 Å². The van der Waals surface area contributed by atoms with Gasteiger partial charge in [0.15, 0.2) is 0 Å². The highest BCUT2D eigenvalue weighted by Crippen LogP contribution is 2.46. The molecule has 0 amide bonds. The summed E-state index contributed by atoms with van der Waals surface area (Å²) in [5.41, 5.74) is 14.2. The number of aromatic nitrogens is 2. The average Bonchev–Trinajstić information content (AvgIpc) is 3.73. The number of hydrogen-bond acceptors (Lipinski definition) is 1. The second-order valence-corrected chi connectivity index (χ2v) is 13.2. The maximum Gasteiger partial charge on any atom is 0.0991 e. The molecule has 0 fully saturated rings. The lowest BCUT2D eigenvalue weighted by atomic mass is 9.89. The number of nitrogens with zero attached hydrogens (tertiary/aromatic N) is 3. The molecule has 0 bridgehead atoms. The molecule has 0 spiro atoms. The van der Waals surface area contributed by atoms with Crippen molar-refractivity contribution in [1.29, 1.82) is 5.26 Å². The number of hydrogen-bond donors (Lipinski definition) is 0. The summed E-state index contributed by atoms with van der Waals surface area (Å²) in [7, 11) is 0. The zero-order valence-electron chi connectivity index (χ0n) is 28.2. The molecule has 0 saturated carbocycles. The molecule has 2 heterocycles. The number of benzene rings is 8. The van der Waals surface area contributed by atoms with Crippen LogP contribution in [0.2, 0.25) is 0 Å². The zero-order chi connectivity index (χ0) is 34.6. The molecule has 8 aromatic carbocycles. The third-order valence-corrected chi connectivity index (χ3v) is 10.4. The Morgan fingerprint density at radius 2 is 0.865 bits per heavy atom. The molecule has 3 heteroatoms. The van der Waals surface area contributed by atoms with Crippen molar-refractivity contribution < 1.29 is 0 Å². The normalized spacial score (nSPS) is 11.4. The third-order valence-electron chi connectivity index (χ3n) is 10.4. The standard InChI is InChI=1S/C49H31N3/c50-32-33-29-30-46-42(31-33)39-21-9-10-25-43(39)51(46)47-28-14-23-40(48(47)35-17-5-2-6-18-35)41-24-13-22-36(34-15-3-1-4-16-34)49(41)52-44-26-11-7-19-37(44)38-20-8-12-27-45(38)52/h1-31H. The van der Waals surface area contributed by atoms with Gasteiger partial charge in [-0.1, -0.05) is 146 Å². The fraction of sp³-hybridized carbons (Fsp3) is 0. The highest BCUT2D eigenvalue weighted by Gasteiger charge is 2.24. The second kappa shape index (κ2) is 12.0. The fourth-order valence-corrected chi connectivity index (χ4v) is 8.18. The van der Waals surface area contributed by atoms with E-state index < -0.39 is 0 Å². The van der Waals surface area contributed by atoms with E-state index in [1.807, 2.05) is 12.1 Å². The van der Waals surface area contributed by atoms with Crippen LogP contribution < -0.4 is 0 Å². The first-order valence-electron chi connectivity index (χ1n) is 17.6. The molecule has 0 saturated heterocycles. The minimum absolute atomic E-state index is 0.654. The number of para-hydroxylation sites is 4. The Bertz CT molecular complexity index is 2960. The first-order chi connectivity index (χ1) is 25.8. The van der Waals surface area contributed by atoms with Gasteiger partial charge in [0.1, 0.15) is 0 Å². The largest absolute Gasteiger partial charge is 0.309 e. The summed E-state index contributed by atoms with van der Waals surface area (Å²) < 4.78 is 4.84. The van der Waals surface area contributed by atoms with Crippen molar-refractivity contribution in [3.8, 4) is 50.8 Å². The Balaban J connectivity index is 1.37. The molecule has 242 valence electrons. The summed E-state index contributed by atoms with van der Waals surface area (Å²) in [5, 5.41) is 14.5. The van der Waals surface area contributed by atoms with Gasteiger partial charge in [0.05, 0.1) is 45.1 Å². The predicted octanol–water partition coefficient (Wildman–Crippen LogP) is 12.8. The summed E-state index contributed by atoms with van der Waals surface area (Å²) in [5.74, 6) is 0. The van der Waals surface area contributed by atoms with Crippen LogP contribution in [0, 0.1) is 11.3 Å². The lowest BCUT2D eigenvalue weighted by Gasteiger charge is -2.23. The van der Waals surface area contributed by atoms with Crippen molar-refractivity contribution in [1.82, 2.24) is 9.13 Å². The van der Waals surface area contributed by atoms with Crippen LogP contribution in [-0.2, 0) is 0 Å². The van der Waals surface area contributed by atoms with E-state index in [4.69, 9.17) is 0 Å². The van der Waals surface area contributed by atoms with Gasteiger partial charge in [-0.25, -0.2) is 0 Å². The molecule has 52 heavy (non-hydrogen) atoms. The van der Waals surface area contributed by atoms with E-state index in [0.717, 1.165) is 66.6 Å². The van der Waals surface area contributed by atoms with Gasteiger partial charge in [-0.2, -0.15) is 5.26 Å². The summed E-state index contributed by atoms with van der Waals surface area (Å²) in [6, 6.07) is 69.3. The Morgan fingerprint density at radius 3 is 1.52 bits per heavy atom. The van der Waals surface area contributed by atoms with Gasteiger partial charge in [-0.3, -0.25) is 0 Å². The van der Waals surface area contributed by atoms with Crippen LogP contribution in [0.4, 0.5) is 0 Å². The third kappa shape index (κ3) is 4.52. The quantitative estimate of drug-likeness (QED) is 0.181. The Hall–Kier alpha value is -7.15. The summed E-state index contributed by atoms with van der Waals surface area (Å²) in [6.45, 7) is 0. The minimum Gasteiger partial charge on any atom is -0.309 e. The van der Waals surface area contributed by atoms with E-state index in [-0.39, 0.29) is 0 Å². The van der Waals surface area contributed by atoms with E-state index >= 15 is 0 Å². The van der Waals surface area contributed by atoms with Crippen molar-refractivity contribution >= 4 is 43.6 Å². The van der Waals surface area contributed by atoms with Crippen molar-refractivity contribution in [3.63, 3.8) is 0 Å². The van der Waals surface area contributed by atoms with E-state index in [0.29, 0.717) is 5.56 Å². The molecule has 0 aliphatic carbocycles. The highest BCUT2D eigenvalue weighted by atomic mass is 15.0. The maximum absolute atomic E-state index is 9.83. The first kappa shape index (κ1) is 29.7. The zero-order valence-corrected chi connectivity index (χ0v) is 28.2. The minimum atomic E-state index is 0.654. The summed E-state index contributed by atoms with van der Waals surface area (Å²) >= 11 is 0. The van der Waals surface area contributed by atoms with Crippen molar-refractivity contribution in [3.05, 3.63) is 194 Å². The average molecular weight is 662 g/mol. The molecule has 10 rings (SSSR count). The van der Waals surface area contributed by atoms with Crippen LogP contribution in [0.5, 0.6) is 0 Å². The predicted molar refractivity (Wildman–Crippen MR) is 216 cm³/mol. The van der Waals surface area contributed by atoms with Gasteiger partial charge < -0.3 is 9.13 Å². The molecule has 0 N–H and O–H groups in total. The van der Waals surface area contributed by atoms with Gasteiger partial charge in [-0.15, -0.1) is 0 Å². The smallest absolute Gasteiger partial charge is 0.0991 e. The van der Waals surface area contributed by atoms with E-state index in [9.17, 15) is 5.26 Å². The lowest BCUT2D eigenvalue weighted by Crippen LogP contribution is -2.03. The Kier molecular flexibility index (Phi) is 6.87. The van der Waals surface area contributed by atoms with Crippen LogP contribution in [0.3, 0.4) is 0 Å². The maximum atomic E-state index is 9.83. The van der Waals surface area contributed by atoms with Crippen molar-refractivity contribution in [2.45, 2.75) is 0 Å². The summed E-state index contributed by atoms with van der Waals surface area (Å²) in [4.78, 5) is 0. The molecule has 0 unspecified atom stereocenters. The van der Waals surface area contributed by atoms with E-state index in [1.165, 1.54) is 21.8 Å². The van der Waals surface area contributed by atoms with Crippen molar-refractivity contribution in [2.24, 2.45) is 0 Å². The van der Waals surface area contributed by atoms with Crippen molar-refractivity contribution in [2.75, 3.05) is 0 Å². The van der Waals surface area contributed by atoms with Crippen LogP contribution in [0.1, 0.15) is 5.56 Å². The number of rotatable bonds is 5. The van der Waals surface area contributed by atoms with E-state index in [1.54, 1.807) is 0 Å². The van der Waals surface area contributed by atoms with Gasteiger partial charge in [0.25, 0.3) is 0 Å². The van der Waals surface area contributed by atoms with Gasteiger partial charge in [0, 0.05) is 38.2 Å². The highest BCUT2D eigenvalue weighted by molar-refractivity contribution is 6.12. The topological polar surface area (TPSA) is 33.6 Å². The molecule has 2 aromatic heterocycles. The lowest BCUT2D eigenvalue weighted by molar-refractivity contribution is 1.17. The first-order valence-corrected chi connectivity index (χ1v) is 17.6. The monoisotopic (exact) mass is 661 g/mol. The molecule has 0 aliphatic heterocycles. The molecule has 0 radical (unpaired) electrons. The molecular formula is C49H31N3. The Morgan fingerprint density at radius 1 is 0.365 bits per heavy atom. The van der Waals surface area contributed by atoms with Crippen LogP contribution in [0.25, 0.3) is 88.4 Å². The summed E-state index contributed by atoms with van der Waals surface area (Å²) in [6.07, 6.45) is 0. The second-order valence-electron chi connectivity index (χ2n) is 13.2. The molecule has 0 atom stereocenters. The number of fused-ring (bicyclic) bond motifs is 6. The number of nitriles is 1. The van der Waals surface area contributed by atoms with Gasteiger partial charge in [-0.05, 0) is 59.2 Å². The molecular weight excluding hydrogens is 631 g/mol. The van der Waals surface area contributed by atoms with E-state index in [2.05, 4.69) is 191 Å². The van der Waals surface area contributed by atoms with Crippen LogP contribution in [-0.4, -0.2) is 9.13 Å².